The standard InChI is InChI=1S/C10H13NOS/c1-11-13(12,10-7-8-10)9-5-3-2-4-6-9/h2-6,10H,7-8H2,1H3. The summed E-state index contributed by atoms with van der Waals surface area (Å²) in [5, 5.41) is 0.305. The maximum Gasteiger partial charge on any atom is 0.0778 e. The van der Waals surface area contributed by atoms with Gasteiger partial charge in [-0.25, -0.2) is 8.57 Å². The van der Waals surface area contributed by atoms with Crippen LogP contribution in [0.4, 0.5) is 0 Å². The van der Waals surface area contributed by atoms with Crippen LogP contribution in [0.5, 0.6) is 0 Å². The average Bonchev–Trinajstić information content (AvgIpc) is 3.02. The number of benzene rings is 1. The van der Waals surface area contributed by atoms with Crippen molar-refractivity contribution < 1.29 is 4.21 Å². The molecule has 2 nitrogen and oxygen atoms in total. The molecule has 0 bridgehead atoms. The van der Waals surface area contributed by atoms with E-state index in [-0.39, 0.29) is 0 Å². The molecule has 70 valence electrons. The second-order valence-electron chi connectivity index (χ2n) is 3.26. The normalized spacial score (nSPS) is 20.7. The van der Waals surface area contributed by atoms with Gasteiger partial charge in [-0.05, 0) is 25.0 Å². The Kier molecular flexibility index (Phi) is 2.12. The lowest BCUT2D eigenvalue weighted by atomic mass is 10.4. The van der Waals surface area contributed by atoms with Gasteiger partial charge in [-0.15, -0.1) is 0 Å². The predicted octanol–water partition coefficient (Wildman–Crippen LogP) is 2.31. The SMILES string of the molecule is CN=S(=O)(c1ccccc1)C1CC1. The molecule has 0 N–H and O–H groups in total. The Morgan fingerprint density at radius 2 is 1.92 bits per heavy atom. The van der Waals surface area contributed by atoms with Crippen molar-refractivity contribution in [3.8, 4) is 0 Å². The molecule has 1 aromatic rings. The lowest BCUT2D eigenvalue weighted by molar-refractivity contribution is 0.675. The highest BCUT2D eigenvalue weighted by Gasteiger charge is 2.34. The van der Waals surface area contributed by atoms with Crippen LogP contribution < -0.4 is 0 Å². The van der Waals surface area contributed by atoms with E-state index in [1.54, 1.807) is 7.05 Å². The van der Waals surface area contributed by atoms with E-state index >= 15 is 0 Å². The molecule has 1 atom stereocenters. The molecule has 13 heavy (non-hydrogen) atoms. The van der Waals surface area contributed by atoms with Gasteiger partial charge in [0.05, 0.1) is 9.73 Å². The van der Waals surface area contributed by atoms with E-state index in [0.717, 1.165) is 17.7 Å². The molecule has 1 aliphatic carbocycles. The van der Waals surface area contributed by atoms with Gasteiger partial charge in [-0.2, -0.15) is 0 Å². The molecule has 1 saturated carbocycles. The first-order valence-corrected chi connectivity index (χ1v) is 6.04. The Bertz CT molecular complexity index is 400. The molecule has 0 saturated heterocycles. The van der Waals surface area contributed by atoms with Crippen molar-refractivity contribution in [2.45, 2.75) is 23.0 Å². The molecule has 1 aliphatic rings. The van der Waals surface area contributed by atoms with Gasteiger partial charge >= 0.3 is 0 Å². The zero-order valence-electron chi connectivity index (χ0n) is 7.64. The van der Waals surface area contributed by atoms with Crippen LogP contribution in [0.15, 0.2) is 39.6 Å². The summed E-state index contributed by atoms with van der Waals surface area (Å²) in [6.45, 7) is 0. The van der Waals surface area contributed by atoms with E-state index in [9.17, 15) is 4.21 Å². The summed E-state index contributed by atoms with van der Waals surface area (Å²) in [5.74, 6) is 0. The average molecular weight is 195 g/mol. The van der Waals surface area contributed by atoms with Gasteiger partial charge in [-0.1, -0.05) is 18.2 Å². The number of rotatable bonds is 2. The quantitative estimate of drug-likeness (QED) is 0.712. The summed E-state index contributed by atoms with van der Waals surface area (Å²) in [6.07, 6.45) is 2.12. The van der Waals surface area contributed by atoms with Crippen molar-refractivity contribution in [2.24, 2.45) is 4.36 Å². The van der Waals surface area contributed by atoms with Crippen LogP contribution >= 0.6 is 0 Å². The monoisotopic (exact) mass is 195 g/mol. The molecule has 0 aromatic heterocycles. The molecule has 1 fully saturated rings. The van der Waals surface area contributed by atoms with Crippen molar-refractivity contribution in [3.63, 3.8) is 0 Å². The minimum absolute atomic E-state index is 0.305. The summed E-state index contributed by atoms with van der Waals surface area (Å²) in [7, 11) is -0.426. The molecular weight excluding hydrogens is 182 g/mol. The van der Waals surface area contributed by atoms with Crippen molar-refractivity contribution in [3.05, 3.63) is 30.3 Å². The van der Waals surface area contributed by atoms with Gasteiger partial charge in [0.25, 0.3) is 0 Å². The van der Waals surface area contributed by atoms with Crippen LogP contribution in [0.25, 0.3) is 0 Å². The number of nitrogens with zero attached hydrogens (tertiary/aromatic N) is 1. The Morgan fingerprint density at radius 3 is 2.38 bits per heavy atom. The fraction of sp³-hybridized carbons (Fsp3) is 0.400. The van der Waals surface area contributed by atoms with E-state index in [0.29, 0.717) is 5.25 Å². The molecule has 1 unspecified atom stereocenters. The zero-order valence-corrected chi connectivity index (χ0v) is 8.46. The molecular formula is C10H13NOS. The highest BCUT2D eigenvalue weighted by Crippen LogP contribution is 2.34. The first-order chi connectivity index (χ1) is 6.27. The fourth-order valence-corrected chi connectivity index (χ4v) is 3.67. The summed E-state index contributed by atoms with van der Waals surface area (Å²) in [4.78, 5) is 0.889. The molecule has 0 aliphatic heterocycles. The maximum absolute atomic E-state index is 12.4. The highest BCUT2D eigenvalue weighted by atomic mass is 32.2. The lowest BCUT2D eigenvalue weighted by Gasteiger charge is -2.06. The minimum Gasteiger partial charge on any atom is -0.244 e. The van der Waals surface area contributed by atoms with Crippen molar-refractivity contribution >= 4 is 9.73 Å². The van der Waals surface area contributed by atoms with Crippen LogP contribution in [-0.4, -0.2) is 16.5 Å². The molecule has 0 spiro atoms. The second-order valence-corrected chi connectivity index (χ2v) is 5.90. The first-order valence-electron chi connectivity index (χ1n) is 4.46. The predicted molar refractivity (Wildman–Crippen MR) is 54.2 cm³/mol. The Labute approximate surface area is 79.2 Å². The molecule has 2 rings (SSSR count). The van der Waals surface area contributed by atoms with E-state index in [4.69, 9.17) is 0 Å². The van der Waals surface area contributed by atoms with Crippen LogP contribution in [-0.2, 0) is 9.73 Å². The molecule has 3 heteroatoms. The molecule has 0 heterocycles. The van der Waals surface area contributed by atoms with Crippen molar-refractivity contribution in [1.82, 2.24) is 0 Å². The second kappa shape index (κ2) is 3.14. The van der Waals surface area contributed by atoms with Gasteiger partial charge in [-0.3, -0.25) is 0 Å². The fourth-order valence-electron chi connectivity index (χ4n) is 1.45. The molecule has 1 aromatic carbocycles. The van der Waals surface area contributed by atoms with Crippen LogP contribution in [0.2, 0.25) is 0 Å². The van der Waals surface area contributed by atoms with Crippen LogP contribution in [0.3, 0.4) is 0 Å². The number of hydrogen-bond donors (Lipinski definition) is 0. The van der Waals surface area contributed by atoms with E-state index < -0.39 is 9.73 Å². The third kappa shape index (κ3) is 1.48. The topological polar surface area (TPSA) is 29.4 Å². The van der Waals surface area contributed by atoms with E-state index in [1.807, 2.05) is 30.3 Å². The van der Waals surface area contributed by atoms with Crippen LogP contribution in [0, 0.1) is 0 Å². The van der Waals surface area contributed by atoms with Gasteiger partial charge < -0.3 is 0 Å². The van der Waals surface area contributed by atoms with Crippen molar-refractivity contribution in [1.29, 1.82) is 0 Å². The minimum atomic E-state index is -2.09. The first kappa shape index (κ1) is 8.75. The maximum atomic E-state index is 12.4. The van der Waals surface area contributed by atoms with Gasteiger partial charge in [0.2, 0.25) is 0 Å². The molecule has 0 radical (unpaired) electrons. The number of hydrogen-bond acceptors (Lipinski definition) is 2. The summed E-state index contributed by atoms with van der Waals surface area (Å²) in [6, 6.07) is 9.60. The zero-order chi connectivity index (χ0) is 9.31. The lowest BCUT2D eigenvalue weighted by Crippen LogP contribution is -2.06. The molecule has 0 amide bonds. The Morgan fingerprint density at radius 1 is 1.31 bits per heavy atom. The summed E-state index contributed by atoms with van der Waals surface area (Å²) < 4.78 is 16.4. The van der Waals surface area contributed by atoms with Crippen molar-refractivity contribution in [2.75, 3.05) is 7.05 Å². The van der Waals surface area contributed by atoms with Gasteiger partial charge in [0.15, 0.2) is 0 Å². The third-order valence-corrected chi connectivity index (χ3v) is 5.19. The third-order valence-electron chi connectivity index (χ3n) is 2.33. The van der Waals surface area contributed by atoms with Gasteiger partial charge in [0.1, 0.15) is 0 Å². The summed E-state index contributed by atoms with van der Waals surface area (Å²) >= 11 is 0. The smallest absolute Gasteiger partial charge is 0.0778 e. The Hall–Kier alpha value is -0.830. The van der Waals surface area contributed by atoms with Crippen LogP contribution in [0.1, 0.15) is 12.8 Å². The van der Waals surface area contributed by atoms with E-state index in [1.165, 1.54) is 0 Å². The van der Waals surface area contributed by atoms with E-state index in [2.05, 4.69) is 4.36 Å². The largest absolute Gasteiger partial charge is 0.244 e. The summed E-state index contributed by atoms with van der Waals surface area (Å²) in [5.41, 5.74) is 0. The highest BCUT2D eigenvalue weighted by molar-refractivity contribution is 7.94. The van der Waals surface area contributed by atoms with Gasteiger partial charge in [0, 0.05) is 17.2 Å². The Balaban J connectivity index is 2.50.